The van der Waals surface area contributed by atoms with Gasteiger partial charge in [0.05, 0.1) is 12.5 Å². The second-order valence-electron chi connectivity index (χ2n) is 10.7. The Hall–Kier alpha value is -2.21. The quantitative estimate of drug-likeness (QED) is 0.261. The van der Waals surface area contributed by atoms with Crippen LogP contribution in [-0.2, 0) is 14.4 Å². The third-order valence-electron chi connectivity index (χ3n) is 8.58. The Morgan fingerprint density at radius 2 is 1.70 bits per heavy atom. The topological polar surface area (TPSA) is 95.5 Å². The Balaban J connectivity index is -0.00000108. The molecule has 2 unspecified atom stereocenters. The van der Waals surface area contributed by atoms with Crippen molar-refractivity contribution < 1.29 is 19.5 Å². The molecule has 0 heterocycles. The van der Waals surface area contributed by atoms with Gasteiger partial charge in [-0.05, 0) is 74.2 Å². The Morgan fingerprint density at radius 3 is 2.33 bits per heavy atom. The number of hydrogen-bond acceptors (Lipinski definition) is 4. The third kappa shape index (κ3) is 10.6. The molecule has 3 fully saturated rings. The van der Waals surface area contributed by atoms with Crippen LogP contribution in [0.1, 0.15) is 123 Å². The summed E-state index contributed by atoms with van der Waals surface area (Å²) in [7, 11) is 1.51. The fourth-order valence-corrected chi connectivity index (χ4v) is 6.52. The van der Waals surface area contributed by atoms with E-state index in [1.165, 1.54) is 18.2 Å². The van der Waals surface area contributed by atoms with Gasteiger partial charge in [0.2, 0.25) is 11.8 Å². The van der Waals surface area contributed by atoms with Crippen molar-refractivity contribution in [1.29, 1.82) is 0 Å². The summed E-state index contributed by atoms with van der Waals surface area (Å²) in [6.07, 6.45) is 12.1. The van der Waals surface area contributed by atoms with Crippen LogP contribution in [0.15, 0.2) is 35.5 Å². The second kappa shape index (κ2) is 19.8. The van der Waals surface area contributed by atoms with Gasteiger partial charge in [-0.2, -0.15) is 0 Å². The number of Topliss-reactive ketones (excluding diaryl/α,β-unsaturated/α-hetero) is 1. The van der Waals surface area contributed by atoms with E-state index in [0.717, 1.165) is 50.5 Å². The van der Waals surface area contributed by atoms with Crippen LogP contribution >= 0.6 is 0 Å². The van der Waals surface area contributed by atoms with Gasteiger partial charge in [-0.25, -0.2) is 0 Å². The molecule has 0 aliphatic heterocycles. The van der Waals surface area contributed by atoms with Crippen molar-refractivity contribution in [2.75, 3.05) is 13.6 Å². The number of aliphatic hydroxyl groups excluding tert-OH is 1. The molecule has 3 saturated carbocycles. The van der Waals surface area contributed by atoms with E-state index in [9.17, 15) is 19.5 Å². The lowest BCUT2D eigenvalue weighted by Crippen LogP contribution is -2.42. The van der Waals surface area contributed by atoms with Crippen LogP contribution in [-0.4, -0.2) is 42.4 Å². The molecular weight excluding hydrogens is 500 g/mol. The number of carbonyl (C=O) groups excluding carboxylic acids is 3. The molecule has 0 spiro atoms. The van der Waals surface area contributed by atoms with E-state index in [4.69, 9.17) is 0 Å². The Kier molecular flexibility index (Phi) is 22.2. The number of nitrogens with one attached hydrogen (secondary N) is 2. The molecular formula is C34H66N2O4. The van der Waals surface area contributed by atoms with E-state index >= 15 is 0 Å². The fourth-order valence-electron chi connectivity index (χ4n) is 6.52. The minimum absolute atomic E-state index is 0. The third-order valence-corrected chi connectivity index (χ3v) is 8.58. The van der Waals surface area contributed by atoms with Crippen LogP contribution in [0.5, 0.6) is 0 Å². The molecule has 3 aliphatic carbocycles. The standard InChI is InChI=1S/C28H42N2O4.6CH4/c1-18-7-10-22(31)16-21(18)9-8-20-6-5-14-28(3)24(11-12-25(20)28)19(2)27(34)30-15-13-23(32)17-26(33)29-4;;;;;;/h8-9,19,22,24-25,31H,1,5-7,10-17H2,2-4H3,(H,29,33)(H,30,34);6*1H4/b20-8+,21-9-;;;;;;/t19?,22-,24+,25?,28+;;;;;;/m0....../s1. The highest BCUT2D eigenvalue weighted by atomic mass is 16.3. The Labute approximate surface area is 248 Å². The Morgan fingerprint density at radius 1 is 1.05 bits per heavy atom. The smallest absolute Gasteiger partial charge is 0.227 e. The first-order valence-electron chi connectivity index (χ1n) is 12.9. The number of fused-ring (bicyclic) bond motifs is 1. The van der Waals surface area contributed by atoms with E-state index in [1.54, 1.807) is 0 Å². The normalized spacial score (nSPS) is 27.5. The van der Waals surface area contributed by atoms with Gasteiger partial charge in [-0.3, -0.25) is 14.4 Å². The van der Waals surface area contributed by atoms with Gasteiger partial charge in [0, 0.05) is 25.9 Å². The number of allylic oxidation sites excluding steroid dienone is 4. The first kappa shape index (κ1) is 44.8. The molecule has 6 nitrogen and oxygen atoms in total. The minimum atomic E-state index is -0.296. The summed E-state index contributed by atoms with van der Waals surface area (Å²) in [4.78, 5) is 36.1. The zero-order valence-corrected chi connectivity index (χ0v) is 21.1. The Bertz CT molecular complexity index is 875. The molecule has 236 valence electrons. The maximum Gasteiger partial charge on any atom is 0.227 e. The number of rotatable bonds is 8. The number of hydrogen-bond donors (Lipinski definition) is 3. The molecule has 3 N–H and O–H groups in total. The molecule has 3 rings (SSSR count). The zero-order valence-electron chi connectivity index (χ0n) is 21.1. The molecule has 40 heavy (non-hydrogen) atoms. The summed E-state index contributed by atoms with van der Waals surface area (Å²) in [5.74, 6) is 0.219. The van der Waals surface area contributed by atoms with Crippen LogP contribution < -0.4 is 10.6 Å². The zero-order chi connectivity index (χ0) is 24.9. The highest BCUT2D eigenvalue weighted by Gasteiger charge is 2.51. The van der Waals surface area contributed by atoms with Crippen molar-refractivity contribution in [2.45, 2.75) is 129 Å². The molecule has 0 saturated heterocycles. The largest absolute Gasteiger partial charge is 0.393 e. The van der Waals surface area contributed by atoms with Crippen molar-refractivity contribution in [1.82, 2.24) is 10.6 Å². The van der Waals surface area contributed by atoms with Crippen LogP contribution in [0, 0.1) is 23.2 Å². The molecule has 2 amide bonds. The maximum atomic E-state index is 12.9. The predicted molar refractivity (Wildman–Crippen MR) is 174 cm³/mol. The van der Waals surface area contributed by atoms with Gasteiger partial charge in [0.25, 0.3) is 0 Å². The van der Waals surface area contributed by atoms with Gasteiger partial charge in [0.15, 0.2) is 0 Å². The summed E-state index contributed by atoms with van der Waals surface area (Å²) in [5, 5.41) is 15.4. The van der Waals surface area contributed by atoms with E-state index in [0.29, 0.717) is 18.3 Å². The number of carbonyl (C=O) groups is 3. The average molecular weight is 567 g/mol. The lowest BCUT2D eigenvalue weighted by molar-refractivity contribution is -0.128. The predicted octanol–water partition coefficient (Wildman–Crippen LogP) is 7.82. The summed E-state index contributed by atoms with van der Waals surface area (Å²) in [6.45, 7) is 8.84. The van der Waals surface area contributed by atoms with Crippen LogP contribution in [0.3, 0.4) is 0 Å². The van der Waals surface area contributed by atoms with Crippen LogP contribution in [0.25, 0.3) is 0 Å². The lowest BCUT2D eigenvalue weighted by Gasteiger charge is -2.44. The molecule has 3 aliphatic rings. The molecule has 0 aromatic carbocycles. The molecule has 0 aromatic rings. The molecule has 0 aromatic heterocycles. The highest BCUT2D eigenvalue weighted by molar-refractivity contribution is 5.98. The van der Waals surface area contributed by atoms with Crippen molar-refractivity contribution in [3.8, 4) is 0 Å². The van der Waals surface area contributed by atoms with Gasteiger partial charge in [-0.1, -0.05) is 88.3 Å². The lowest BCUT2D eigenvalue weighted by atomic mass is 9.61. The van der Waals surface area contributed by atoms with E-state index in [2.05, 4.69) is 36.3 Å². The van der Waals surface area contributed by atoms with Gasteiger partial charge < -0.3 is 15.7 Å². The summed E-state index contributed by atoms with van der Waals surface area (Å²) < 4.78 is 0. The molecule has 5 atom stereocenters. The number of amides is 2. The van der Waals surface area contributed by atoms with Crippen molar-refractivity contribution in [3.05, 3.63) is 35.5 Å². The van der Waals surface area contributed by atoms with Crippen molar-refractivity contribution in [2.24, 2.45) is 23.2 Å². The highest BCUT2D eigenvalue weighted by Crippen LogP contribution is 2.59. The first-order valence-corrected chi connectivity index (χ1v) is 12.9. The van der Waals surface area contributed by atoms with Crippen molar-refractivity contribution in [3.63, 3.8) is 0 Å². The van der Waals surface area contributed by atoms with E-state index in [-0.39, 0.29) is 99.0 Å². The average Bonchev–Trinajstić information content (AvgIpc) is 3.16. The molecule has 0 radical (unpaired) electrons. The number of aliphatic hydroxyl groups is 1. The summed E-state index contributed by atoms with van der Waals surface area (Å²) in [6, 6.07) is 0. The maximum absolute atomic E-state index is 12.9. The van der Waals surface area contributed by atoms with Crippen molar-refractivity contribution >= 4 is 17.6 Å². The van der Waals surface area contributed by atoms with Gasteiger partial charge >= 0.3 is 0 Å². The van der Waals surface area contributed by atoms with E-state index < -0.39 is 0 Å². The van der Waals surface area contributed by atoms with Gasteiger partial charge in [-0.15, -0.1) is 0 Å². The fraction of sp³-hybridized carbons (Fsp3) is 0.735. The number of ketones is 1. The minimum Gasteiger partial charge on any atom is -0.393 e. The second-order valence-corrected chi connectivity index (χ2v) is 10.7. The SMILES string of the molecule is C.C.C.C.C.C.C=C1CC[C@H](O)C/C1=C/C=C1\CCC[C@@]2(C)C1CC[C@@H]2C(C)C(=O)NCCC(=O)CC(=O)NC. The molecule has 0 bridgehead atoms. The van der Waals surface area contributed by atoms with E-state index in [1.807, 2.05) is 6.92 Å². The van der Waals surface area contributed by atoms with Crippen LogP contribution in [0.2, 0.25) is 0 Å². The van der Waals surface area contributed by atoms with Gasteiger partial charge in [0.1, 0.15) is 5.78 Å². The summed E-state index contributed by atoms with van der Waals surface area (Å²) in [5.41, 5.74) is 3.89. The summed E-state index contributed by atoms with van der Waals surface area (Å²) >= 11 is 0. The molecule has 6 heteroatoms. The van der Waals surface area contributed by atoms with Crippen LogP contribution in [0.4, 0.5) is 0 Å². The first-order chi connectivity index (χ1) is 16.2. The monoisotopic (exact) mass is 567 g/mol.